The lowest BCUT2D eigenvalue weighted by atomic mass is 10.1. The maximum absolute atomic E-state index is 3.71. The Morgan fingerprint density at radius 3 is 2.89 bits per heavy atom. The summed E-state index contributed by atoms with van der Waals surface area (Å²) < 4.78 is 0. The second kappa shape index (κ2) is 4.61. The average Bonchev–Trinajstić information content (AvgIpc) is 3.06. The minimum Gasteiger partial charge on any atom is -0.377 e. The molecule has 0 saturated heterocycles. The second-order valence-corrected chi connectivity index (χ2v) is 6.44. The predicted molar refractivity (Wildman–Crippen MR) is 82.0 cm³/mol. The highest BCUT2D eigenvalue weighted by Crippen LogP contribution is 2.39. The van der Waals surface area contributed by atoms with Crippen LogP contribution in [0.4, 0.5) is 5.69 Å². The van der Waals surface area contributed by atoms with Gasteiger partial charge >= 0.3 is 0 Å². The molecule has 0 aromatic heterocycles. The van der Waals surface area contributed by atoms with Crippen LogP contribution in [-0.2, 0) is 12.8 Å². The molecule has 1 unspecified atom stereocenters. The van der Waals surface area contributed by atoms with Crippen molar-refractivity contribution >= 4 is 17.4 Å². The number of benzene rings is 2. The van der Waals surface area contributed by atoms with E-state index in [0.717, 1.165) is 5.75 Å². The first-order chi connectivity index (χ1) is 9.40. The van der Waals surface area contributed by atoms with Crippen LogP contribution in [-0.4, -0.2) is 5.75 Å². The predicted octanol–water partition coefficient (Wildman–Crippen LogP) is 4.43. The van der Waals surface area contributed by atoms with Gasteiger partial charge in [-0.1, -0.05) is 24.3 Å². The number of thioether (sulfide) groups is 1. The quantitative estimate of drug-likeness (QED) is 0.863. The summed E-state index contributed by atoms with van der Waals surface area (Å²) in [6.45, 7) is 0. The van der Waals surface area contributed by atoms with Gasteiger partial charge in [0.1, 0.15) is 0 Å². The van der Waals surface area contributed by atoms with Gasteiger partial charge in [0, 0.05) is 16.3 Å². The van der Waals surface area contributed by atoms with Crippen LogP contribution in [0.5, 0.6) is 0 Å². The maximum Gasteiger partial charge on any atom is 0.0618 e. The number of anilines is 1. The first-order valence-corrected chi connectivity index (χ1v) is 7.99. The molecule has 2 heteroatoms. The largest absolute Gasteiger partial charge is 0.377 e. The molecule has 0 bridgehead atoms. The van der Waals surface area contributed by atoms with Crippen molar-refractivity contribution in [3.63, 3.8) is 0 Å². The fourth-order valence-electron chi connectivity index (χ4n) is 3.14. The average molecular weight is 267 g/mol. The van der Waals surface area contributed by atoms with Crippen molar-refractivity contribution in [3.8, 4) is 0 Å². The molecule has 0 radical (unpaired) electrons. The summed E-state index contributed by atoms with van der Waals surface area (Å²) in [5, 5.41) is 3.71. The van der Waals surface area contributed by atoms with E-state index in [2.05, 4.69) is 47.8 Å². The molecule has 0 amide bonds. The summed E-state index contributed by atoms with van der Waals surface area (Å²) in [6.07, 6.45) is 3.83. The van der Waals surface area contributed by atoms with Crippen molar-refractivity contribution in [1.29, 1.82) is 0 Å². The molecule has 0 spiro atoms. The summed E-state index contributed by atoms with van der Waals surface area (Å²) in [6, 6.07) is 16.1. The summed E-state index contributed by atoms with van der Waals surface area (Å²) in [4.78, 5) is 1.43. The number of hydrogen-bond donors (Lipinski definition) is 1. The van der Waals surface area contributed by atoms with E-state index in [1.165, 1.54) is 35.4 Å². The fourth-order valence-corrected chi connectivity index (χ4v) is 4.31. The van der Waals surface area contributed by atoms with Crippen molar-refractivity contribution < 1.29 is 0 Å². The smallest absolute Gasteiger partial charge is 0.0618 e. The second-order valence-electron chi connectivity index (χ2n) is 5.38. The van der Waals surface area contributed by atoms with Gasteiger partial charge in [-0.05, 0) is 54.2 Å². The summed E-state index contributed by atoms with van der Waals surface area (Å²) in [5.74, 6) is 1.14. The van der Waals surface area contributed by atoms with Crippen molar-refractivity contribution in [1.82, 2.24) is 0 Å². The number of nitrogens with one attached hydrogen (secondary N) is 1. The Morgan fingerprint density at radius 2 is 1.89 bits per heavy atom. The van der Waals surface area contributed by atoms with Gasteiger partial charge < -0.3 is 5.32 Å². The van der Waals surface area contributed by atoms with Crippen LogP contribution >= 0.6 is 11.8 Å². The monoisotopic (exact) mass is 267 g/mol. The lowest BCUT2D eigenvalue weighted by Gasteiger charge is -2.15. The van der Waals surface area contributed by atoms with Gasteiger partial charge in [0.25, 0.3) is 0 Å². The van der Waals surface area contributed by atoms with Crippen LogP contribution in [0.15, 0.2) is 47.4 Å². The Bertz CT molecular complexity index is 620. The van der Waals surface area contributed by atoms with Gasteiger partial charge in [-0.15, -0.1) is 11.8 Å². The van der Waals surface area contributed by atoms with E-state index in [9.17, 15) is 0 Å². The fraction of sp³-hybridized carbons (Fsp3) is 0.294. The van der Waals surface area contributed by atoms with Gasteiger partial charge in [0.2, 0.25) is 0 Å². The Kier molecular flexibility index (Phi) is 2.77. The minimum absolute atomic E-state index is 0.459. The van der Waals surface area contributed by atoms with Crippen LogP contribution in [0.2, 0.25) is 0 Å². The number of fused-ring (bicyclic) bond motifs is 2. The van der Waals surface area contributed by atoms with E-state index in [-0.39, 0.29) is 0 Å². The van der Waals surface area contributed by atoms with Crippen molar-refractivity contribution in [3.05, 3.63) is 59.2 Å². The molecular weight excluding hydrogens is 250 g/mol. The summed E-state index contributed by atoms with van der Waals surface area (Å²) >= 11 is 1.96. The Labute approximate surface area is 118 Å². The number of rotatable bonds is 2. The Hall–Kier alpha value is -1.41. The standard InChI is InChI=1S/C17H17NS/c1-2-7-17-15(6-1)16(11-19-17)18-14-9-8-12-4-3-5-13(12)10-14/h1-2,6-10,16,18H,3-5,11H2. The zero-order valence-corrected chi connectivity index (χ0v) is 11.7. The van der Waals surface area contributed by atoms with E-state index >= 15 is 0 Å². The molecule has 2 aromatic carbocycles. The molecule has 2 aliphatic rings. The van der Waals surface area contributed by atoms with Gasteiger partial charge in [0.05, 0.1) is 6.04 Å². The third-order valence-electron chi connectivity index (χ3n) is 4.14. The van der Waals surface area contributed by atoms with E-state index in [1.807, 2.05) is 11.8 Å². The lowest BCUT2D eigenvalue weighted by Crippen LogP contribution is -2.09. The first kappa shape index (κ1) is 11.4. The van der Waals surface area contributed by atoms with E-state index in [0.29, 0.717) is 6.04 Å². The molecule has 0 fully saturated rings. The van der Waals surface area contributed by atoms with Gasteiger partial charge in [-0.3, -0.25) is 0 Å². The Morgan fingerprint density at radius 1 is 1.00 bits per heavy atom. The van der Waals surface area contributed by atoms with Gasteiger partial charge in [0.15, 0.2) is 0 Å². The molecule has 1 aliphatic heterocycles. The molecule has 1 N–H and O–H groups in total. The molecule has 19 heavy (non-hydrogen) atoms. The minimum atomic E-state index is 0.459. The van der Waals surface area contributed by atoms with Gasteiger partial charge in [-0.2, -0.15) is 0 Å². The molecule has 1 nitrogen and oxygen atoms in total. The highest BCUT2D eigenvalue weighted by molar-refractivity contribution is 7.99. The molecule has 2 aromatic rings. The molecule has 0 saturated carbocycles. The zero-order valence-electron chi connectivity index (χ0n) is 10.9. The maximum atomic E-state index is 3.71. The van der Waals surface area contributed by atoms with Crippen LogP contribution in [0, 0.1) is 0 Å². The first-order valence-electron chi connectivity index (χ1n) is 7.00. The molecular formula is C17H17NS. The summed E-state index contributed by atoms with van der Waals surface area (Å²) in [5.41, 5.74) is 5.83. The van der Waals surface area contributed by atoms with Gasteiger partial charge in [-0.25, -0.2) is 0 Å². The molecule has 1 heterocycles. The zero-order chi connectivity index (χ0) is 12.7. The summed E-state index contributed by atoms with van der Waals surface area (Å²) in [7, 11) is 0. The van der Waals surface area contributed by atoms with E-state index in [4.69, 9.17) is 0 Å². The Balaban J connectivity index is 1.60. The third kappa shape index (κ3) is 2.04. The normalized spacial score (nSPS) is 20.1. The topological polar surface area (TPSA) is 12.0 Å². The third-order valence-corrected chi connectivity index (χ3v) is 5.32. The molecule has 1 aliphatic carbocycles. The van der Waals surface area contributed by atoms with Crippen molar-refractivity contribution in [2.45, 2.75) is 30.2 Å². The molecule has 1 atom stereocenters. The van der Waals surface area contributed by atoms with E-state index < -0.39 is 0 Å². The van der Waals surface area contributed by atoms with Crippen molar-refractivity contribution in [2.24, 2.45) is 0 Å². The highest BCUT2D eigenvalue weighted by Gasteiger charge is 2.22. The van der Waals surface area contributed by atoms with Crippen LogP contribution in [0.1, 0.15) is 29.2 Å². The highest BCUT2D eigenvalue weighted by atomic mass is 32.2. The number of hydrogen-bond acceptors (Lipinski definition) is 2. The number of aryl methyl sites for hydroxylation is 2. The lowest BCUT2D eigenvalue weighted by molar-refractivity contribution is 0.898. The molecule has 4 rings (SSSR count). The van der Waals surface area contributed by atoms with E-state index in [1.54, 1.807) is 11.1 Å². The van der Waals surface area contributed by atoms with Crippen LogP contribution in [0.3, 0.4) is 0 Å². The van der Waals surface area contributed by atoms with Crippen molar-refractivity contribution in [2.75, 3.05) is 11.1 Å². The molecule has 96 valence electrons. The SMILES string of the molecule is c1ccc2c(c1)SCC2Nc1ccc2c(c1)CCC2. The van der Waals surface area contributed by atoms with Crippen LogP contribution in [0.25, 0.3) is 0 Å². The van der Waals surface area contributed by atoms with Crippen LogP contribution < -0.4 is 5.32 Å².